The van der Waals surface area contributed by atoms with E-state index in [1.54, 1.807) is 5.57 Å². The molecule has 168 valence electrons. The first-order valence-corrected chi connectivity index (χ1v) is 12.8. The van der Waals surface area contributed by atoms with Gasteiger partial charge in [0.05, 0.1) is 12.2 Å². The smallest absolute Gasteiger partial charge is 0.0582 e. The first-order chi connectivity index (χ1) is 14.2. The van der Waals surface area contributed by atoms with E-state index >= 15 is 0 Å². The van der Waals surface area contributed by atoms with Gasteiger partial charge >= 0.3 is 0 Å². The van der Waals surface area contributed by atoms with Crippen LogP contribution in [-0.2, 0) is 0 Å². The van der Waals surface area contributed by atoms with Crippen molar-refractivity contribution in [3.63, 3.8) is 0 Å². The van der Waals surface area contributed by atoms with E-state index in [-0.39, 0.29) is 23.0 Å². The fourth-order valence-corrected chi connectivity index (χ4v) is 9.01. The molecule has 5 rings (SSSR count). The summed E-state index contributed by atoms with van der Waals surface area (Å²) in [5.74, 6) is 3.55. The summed E-state index contributed by atoms with van der Waals surface area (Å²) < 4.78 is 0. The van der Waals surface area contributed by atoms with Gasteiger partial charge in [-0.25, -0.2) is 0 Å². The molecule has 10 atom stereocenters. The molecule has 3 nitrogen and oxygen atoms in total. The molecule has 3 fully saturated rings. The van der Waals surface area contributed by atoms with Crippen LogP contribution in [0.5, 0.6) is 0 Å². The van der Waals surface area contributed by atoms with Crippen LogP contribution in [0.2, 0.25) is 0 Å². The van der Waals surface area contributed by atoms with Crippen molar-refractivity contribution in [2.45, 2.75) is 97.7 Å². The van der Waals surface area contributed by atoms with Crippen LogP contribution in [0.25, 0.3) is 0 Å². The van der Waals surface area contributed by atoms with Gasteiger partial charge in [0.1, 0.15) is 0 Å². The minimum Gasteiger partial charge on any atom is -0.393 e. The van der Waals surface area contributed by atoms with Crippen molar-refractivity contribution in [1.82, 2.24) is 0 Å². The second-order valence-electron chi connectivity index (χ2n) is 12.3. The Morgan fingerprint density at radius 1 is 1.10 bits per heavy atom. The third-order valence-corrected chi connectivity index (χ3v) is 10.8. The van der Waals surface area contributed by atoms with Crippen LogP contribution in [0.3, 0.4) is 0 Å². The Hall–Kier alpha value is -0.670. The quantitative estimate of drug-likeness (QED) is 0.595. The zero-order valence-corrected chi connectivity index (χ0v) is 19.6. The van der Waals surface area contributed by atoms with Crippen molar-refractivity contribution >= 4 is 5.71 Å². The number of nitrogens with zero attached hydrogens (tertiary/aromatic N) is 1. The van der Waals surface area contributed by atoms with Crippen molar-refractivity contribution in [3.8, 4) is 0 Å². The third kappa shape index (κ3) is 3.09. The lowest BCUT2D eigenvalue weighted by Gasteiger charge is -2.58. The second kappa shape index (κ2) is 7.44. The van der Waals surface area contributed by atoms with Crippen LogP contribution in [0.15, 0.2) is 16.6 Å². The van der Waals surface area contributed by atoms with Crippen LogP contribution in [0.4, 0.5) is 0 Å². The Bertz CT molecular complexity index is 743. The highest BCUT2D eigenvalue weighted by Crippen LogP contribution is 2.67. The number of rotatable bonds is 2. The molecule has 3 saturated carbocycles. The highest BCUT2D eigenvalue weighted by atomic mass is 16.3. The molecule has 2 N–H and O–H groups in total. The van der Waals surface area contributed by atoms with E-state index in [9.17, 15) is 10.2 Å². The third-order valence-electron chi connectivity index (χ3n) is 10.8. The normalized spacial score (nSPS) is 51.9. The molecular weight excluding hydrogens is 370 g/mol. The minimum atomic E-state index is -0.179. The van der Waals surface area contributed by atoms with E-state index in [0.29, 0.717) is 29.6 Å². The maximum atomic E-state index is 11.4. The summed E-state index contributed by atoms with van der Waals surface area (Å²) in [5, 5.41) is 21.6. The molecule has 0 spiro atoms. The van der Waals surface area contributed by atoms with Gasteiger partial charge in [0.2, 0.25) is 0 Å². The topological polar surface area (TPSA) is 52.8 Å². The summed E-state index contributed by atoms with van der Waals surface area (Å²) in [6.45, 7) is 10.7. The zero-order chi connectivity index (χ0) is 21.3. The Balaban J connectivity index is 1.42. The fourth-order valence-electron chi connectivity index (χ4n) is 9.01. The van der Waals surface area contributed by atoms with Crippen molar-refractivity contribution in [2.75, 3.05) is 6.54 Å². The van der Waals surface area contributed by atoms with Crippen LogP contribution in [-0.4, -0.2) is 34.7 Å². The predicted molar refractivity (Wildman–Crippen MR) is 122 cm³/mol. The number of aliphatic hydroxyl groups is 2. The summed E-state index contributed by atoms with van der Waals surface area (Å²) in [6.07, 6.45) is 12.3. The highest BCUT2D eigenvalue weighted by Gasteiger charge is 2.62. The summed E-state index contributed by atoms with van der Waals surface area (Å²) in [7, 11) is 0. The standard InChI is InChI=1S/C27H43NO2/c1-16-5-8-23(28-15-16)17(2)25-24(30)14-22-20-7-6-18-13-19(29)9-11-26(18,3)21(20)10-12-27(22,25)4/h6,16-17,19-22,24-25,29-30H,5,7-15H2,1-4H3/t16-,17+,19+,20-,21+,22+,24-,25+,26+,27+/m1/s1. The number of aliphatic imine (C=N–C) groups is 1. The van der Waals surface area contributed by atoms with Gasteiger partial charge in [0.25, 0.3) is 0 Å². The molecule has 0 aromatic carbocycles. The summed E-state index contributed by atoms with van der Waals surface area (Å²) in [4.78, 5) is 4.98. The zero-order valence-electron chi connectivity index (χ0n) is 19.6. The largest absolute Gasteiger partial charge is 0.393 e. The van der Waals surface area contributed by atoms with Crippen LogP contribution >= 0.6 is 0 Å². The molecule has 4 aliphatic carbocycles. The van der Waals surface area contributed by atoms with Gasteiger partial charge in [0, 0.05) is 12.3 Å². The molecule has 0 aromatic heterocycles. The monoisotopic (exact) mass is 413 g/mol. The predicted octanol–water partition coefficient (Wildman–Crippen LogP) is 5.40. The highest BCUT2D eigenvalue weighted by molar-refractivity contribution is 5.87. The van der Waals surface area contributed by atoms with E-state index in [1.807, 2.05) is 0 Å². The maximum absolute atomic E-state index is 11.4. The molecule has 0 unspecified atom stereocenters. The lowest BCUT2D eigenvalue weighted by atomic mass is 9.47. The van der Waals surface area contributed by atoms with E-state index < -0.39 is 0 Å². The van der Waals surface area contributed by atoms with Crippen molar-refractivity contribution in [1.29, 1.82) is 0 Å². The van der Waals surface area contributed by atoms with Gasteiger partial charge in [-0.2, -0.15) is 0 Å². The Morgan fingerprint density at radius 3 is 2.63 bits per heavy atom. The fraction of sp³-hybridized carbons (Fsp3) is 0.889. The summed E-state index contributed by atoms with van der Waals surface area (Å²) >= 11 is 0. The second-order valence-corrected chi connectivity index (χ2v) is 12.3. The molecule has 0 radical (unpaired) electrons. The number of aliphatic hydroxyl groups excluding tert-OH is 2. The Kier molecular flexibility index (Phi) is 5.26. The average molecular weight is 414 g/mol. The molecule has 0 amide bonds. The molecule has 30 heavy (non-hydrogen) atoms. The van der Waals surface area contributed by atoms with E-state index in [2.05, 4.69) is 33.8 Å². The van der Waals surface area contributed by atoms with E-state index in [1.165, 1.54) is 25.0 Å². The molecule has 0 aromatic rings. The number of hydrogen-bond donors (Lipinski definition) is 2. The van der Waals surface area contributed by atoms with Crippen molar-refractivity contribution < 1.29 is 10.2 Å². The van der Waals surface area contributed by atoms with Crippen LogP contribution < -0.4 is 0 Å². The lowest BCUT2D eigenvalue weighted by Crippen LogP contribution is -2.51. The molecule has 0 saturated heterocycles. The van der Waals surface area contributed by atoms with Crippen LogP contribution in [0, 0.1) is 46.3 Å². The van der Waals surface area contributed by atoms with Gasteiger partial charge in [0.15, 0.2) is 0 Å². The SMILES string of the molecule is C[C@@H]1CCC([C@H](C)[C@H]2[C@H](O)C[C@H]3[C@@H]4CC=C5C[C@@H](O)CC[C@]5(C)[C@H]4CC[C@]23C)=NC1. The van der Waals surface area contributed by atoms with E-state index in [0.717, 1.165) is 51.0 Å². The Morgan fingerprint density at radius 2 is 1.90 bits per heavy atom. The van der Waals surface area contributed by atoms with Gasteiger partial charge in [-0.3, -0.25) is 4.99 Å². The minimum absolute atomic E-state index is 0.132. The molecular formula is C27H43NO2. The molecule has 3 heteroatoms. The van der Waals surface area contributed by atoms with E-state index in [4.69, 9.17) is 4.99 Å². The maximum Gasteiger partial charge on any atom is 0.0582 e. The number of hydrogen-bond acceptors (Lipinski definition) is 3. The molecule has 0 bridgehead atoms. The van der Waals surface area contributed by atoms with Crippen molar-refractivity contribution in [2.24, 2.45) is 51.3 Å². The summed E-state index contributed by atoms with van der Waals surface area (Å²) in [6, 6.07) is 0. The van der Waals surface area contributed by atoms with Crippen molar-refractivity contribution in [3.05, 3.63) is 11.6 Å². The average Bonchev–Trinajstić information content (AvgIpc) is 2.98. The molecule has 5 aliphatic rings. The molecule has 1 heterocycles. The van der Waals surface area contributed by atoms with Gasteiger partial charge in [-0.1, -0.05) is 39.3 Å². The first kappa shape index (κ1) is 21.2. The lowest BCUT2D eigenvalue weighted by molar-refractivity contribution is -0.0564. The summed E-state index contributed by atoms with van der Waals surface area (Å²) in [5.41, 5.74) is 3.45. The number of allylic oxidation sites excluding steroid dienone is 1. The van der Waals surface area contributed by atoms with Gasteiger partial charge in [-0.15, -0.1) is 0 Å². The van der Waals surface area contributed by atoms with Gasteiger partial charge < -0.3 is 10.2 Å². The molecule has 1 aliphatic heterocycles. The first-order valence-electron chi connectivity index (χ1n) is 12.8. The van der Waals surface area contributed by atoms with Gasteiger partial charge in [-0.05, 0) is 104 Å². The van der Waals surface area contributed by atoms with Crippen LogP contribution in [0.1, 0.15) is 85.5 Å². The Labute approximate surface area is 183 Å². The number of fused-ring (bicyclic) bond motifs is 5.